The molecular weight excluding hydrogens is 202 g/mol. The molecule has 84 valence electrons. The van der Waals surface area contributed by atoms with Crippen molar-refractivity contribution in [2.24, 2.45) is 5.92 Å². The minimum absolute atomic E-state index is 0.729. The lowest BCUT2D eigenvalue weighted by Gasteiger charge is -2.29. The van der Waals surface area contributed by atoms with Gasteiger partial charge in [0, 0.05) is 17.1 Å². The van der Waals surface area contributed by atoms with Crippen LogP contribution in [0.25, 0.3) is 0 Å². The second-order valence-electron chi connectivity index (χ2n) is 4.66. The maximum Gasteiger partial charge on any atom is 0.0450 e. The molecule has 0 saturated heterocycles. The number of anilines is 1. The predicted octanol–water partition coefficient (Wildman–Crippen LogP) is 4.52. The Balaban J connectivity index is 1.74. The van der Waals surface area contributed by atoms with Crippen molar-refractivity contribution in [1.29, 1.82) is 0 Å². The number of thiophene rings is 1. The summed E-state index contributed by atoms with van der Waals surface area (Å²) in [6, 6.07) is 2.91. The molecule has 0 unspecified atom stereocenters. The molecule has 0 atom stereocenters. The van der Waals surface area contributed by atoms with Crippen LogP contribution in [-0.4, -0.2) is 6.04 Å². The van der Waals surface area contributed by atoms with E-state index in [1.165, 1.54) is 44.2 Å². The van der Waals surface area contributed by atoms with Gasteiger partial charge in [0.15, 0.2) is 0 Å². The van der Waals surface area contributed by atoms with Crippen molar-refractivity contribution in [3.05, 3.63) is 16.8 Å². The molecule has 1 aliphatic carbocycles. The van der Waals surface area contributed by atoms with Gasteiger partial charge in [0.25, 0.3) is 0 Å². The Labute approximate surface area is 96.9 Å². The van der Waals surface area contributed by atoms with Gasteiger partial charge in [0.05, 0.1) is 0 Å². The topological polar surface area (TPSA) is 12.0 Å². The summed E-state index contributed by atoms with van der Waals surface area (Å²) in [4.78, 5) is 0. The number of hydrogen-bond donors (Lipinski definition) is 1. The Kier molecular flexibility index (Phi) is 4.07. The SMILES string of the molecule is CCCC1CCC(Nc2ccsc2)CC1. The summed E-state index contributed by atoms with van der Waals surface area (Å²) in [6.07, 6.45) is 8.37. The van der Waals surface area contributed by atoms with Gasteiger partial charge in [-0.1, -0.05) is 19.8 Å². The summed E-state index contributed by atoms with van der Waals surface area (Å²) in [6.45, 7) is 2.30. The summed E-state index contributed by atoms with van der Waals surface area (Å²) in [5.74, 6) is 1.01. The number of nitrogens with one attached hydrogen (secondary N) is 1. The van der Waals surface area contributed by atoms with Crippen LogP contribution in [0.5, 0.6) is 0 Å². The Morgan fingerprint density at radius 2 is 2.13 bits per heavy atom. The zero-order valence-electron chi connectivity index (χ0n) is 9.54. The standard InChI is InChI=1S/C13H21NS/c1-2-3-11-4-6-12(7-5-11)14-13-8-9-15-10-13/h8-12,14H,2-7H2,1H3. The monoisotopic (exact) mass is 223 g/mol. The lowest BCUT2D eigenvalue weighted by molar-refractivity contribution is 0.319. The van der Waals surface area contributed by atoms with E-state index < -0.39 is 0 Å². The van der Waals surface area contributed by atoms with Crippen LogP contribution in [0, 0.1) is 5.92 Å². The van der Waals surface area contributed by atoms with E-state index in [9.17, 15) is 0 Å². The molecule has 15 heavy (non-hydrogen) atoms. The Morgan fingerprint density at radius 1 is 1.33 bits per heavy atom. The van der Waals surface area contributed by atoms with Crippen LogP contribution in [0.1, 0.15) is 45.4 Å². The smallest absolute Gasteiger partial charge is 0.0450 e. The zero-order valence-corrected chi connectivity index (χ0v) is 10.4. The third-order valence-corrected chi connectivity index (χ3v) is 4.12. The van der Waals surface area contributed by atoms with Gasteiger partial charge in [-0.2, -0.15) is 11.3 Å². The fourth-order valence-corrected chi connectivity index (χ4v) is 3.18. The fourth-order valence-electron chi connectivity index (χ4n) is 2.59. The van der Waals surface area contributed by atoms with Crippen LogP contribution in [0.15, 0.2) is 16.8 Å². The zero-order chi connectivity index (χ0) is 10.5. The van der Waals surface area contributed by atoms with Crippen LogP contribution in [-0.2, 0) is 0 Å². The average molecular weight is 223 g/mol. The average Bonchev–Trinajstić information content (AvgIpc) is 2.74. The largest absolute Gasteiger partial charge is 0.382 e. The van der Waals surface area contributed by atoms with Gasteiger partial charge in [-0.15, -0.1) is 0 Å². The molecule has 2 heteroatoms. The third kappa shape index (κ3) is 3.23. The molecule has 1 aromatic rings. The fraction of sp³-hybridized carbons (Fsp3) is 0.692. The van der Waals surface area contributed by atoms with E-state index in [0.29, 0.717) is 0 Å². The van der Waals surface area contributed by atoms with Gasteiger partial charge < -0.3 is 5.32 Å². The van der Waals surface area contributed by atoms with Crippen molar-refractivity contribution in [2.45, 2.75) is 51.5 Å². The maximum atomic E-state index is 3.63. The Hall–Kier alpha value is -0.500. The van der Waals surface area contributed by atoms with Gasteiger partial charge >= 0.3 is 0 Å². The van der Waals surface area contributed by atoms with E-state index in [1.807, 2.05) is 0 Å². The Bertz CT molecular complexity index is 260. The molecule has 1 N–H and O–H groups in total. The Morgan fingerprint density at radius 3 is 2.73 bits per heavy atom. The first-order valence-electron chi connectivity index (χ1n) is 6.17. The minimum Gasteiger partial charge on any atom is -0.382 e. The molecule has 0 aromatic carbocycles. The van der Waals surface area contributed by atoms with E-state index in [1.54, 1.807) is 11.3 Å². The predicted molar refractivity (Wildman–Crippen MR) is 68.6 cm³/mol. The molecule has 0 bridgehead atoms. The molecule has 1 aliphatic rings. The normalized spacial score (nSPS) is 26.5. The molecular formula is C13H21NS. The van der Waals surface area contributed by atoms with E-state index in [0.717, 1.165) is 12.0 Å². The molecule has 0 aliphatic heterocycles. The summed E-state index contributed by atoms with van der Waals surface area (Å²) < 4.78 is 0. The molecule has 0 spiro atoms. The highest BCUT2D eigenvalue weighted by molar-refractivity contribution is 7.08. The van der Waals surface area contributed by atoms with Crippen molar-refractivity contribution >= 4 is 17.0 Å². The van der Waals surface area contributed by atoms with Gasteiger partial charge in [-0.05, 0) is 43.0 Å². The highest BCUT2D eigenvalue weighted by atomic mass is 32.1. The van der Waals surface area contributed by atoms with E-state index in [-0.39, 0.29) is 0 Å². The van der Waals surface area contributed by atoms with Gasteiger partial charge in [0.1, 0.15) is 0 Å². The lowest BCUT2D eigenvalue weighted by atomic mass is 9.83. The molecule has 0 amide bonds. The molecule has 0 radical (unpaired) electrons. The van der Waals surface area contributed by atoms with Gasteiger partial charge in [-0.25, -0.2) is 0 Å². The van der Waals surface area contributed by atoms with Crippen molar-refractivity contribution in [3.8, 4) is 0 Å². The molecule has 1 nitrogen and oxygen atoms in total. The lowest BCUT2D eigenvalue weighted by Crippen LogP contribution is -2.25. The van der Waals surface area contributed by atoms with Crippen molar-refractivity contribution in [1.82, 2.24) is 0 Å². The van der Waals surface area contributed by atoms with Gasteiger partial charge in [-0.3, -0.25) is 0 Å². The van der Waals surface area contributed by atoms with Crippen LogP contribution in [0.3, 0.4) is 0 Å². The molecule has 2 rings (SSSR count). The van der Waals surface area contributed by atoms with E-state index >= 15 is 0 Å². The number of rotatable bonds is 4. The first kappa shape index (κ1) is 11.0. The highest BCUT2D eigenvalue weighted by Crippen LogP contribution is 2.29. The summed E-state index contributed by atoms with van der Waals surface area (Å²) in [7, 11) is 0. The van der Waals surface area contributed by atoms with Crippen LogP contribution >= 0.6 is 11.3 Å². The van der Waals surface area contributed by atoms with E-state index in [2.05, 4.69) is 29.1 Å². The van der Waals surface area contributed by atoms with Gasteiger partial charge in [0.2, 0.25) is 0 Å². The number of hydrogen-bond acceptors (Lipinski definition) is 2. The van der Waals surface area contributed by atoms with Crippen LogP contribution < -0.4 is 5.32 Å². The van der Waals surface area contributed by atoms with Crippen LogP contribution in [0.4, 0.5) is 5.69 Å². The third-order valence-electron chi connectivity index (χ3n) is 3.44. The minimum atomic E-state index is 0.729. The van der Waals surface area contributed by atoms with Crippen molar-refractivity contribution in [2.75, 3.05) is 5.32 Å². The molecule has 1 fully saturated rings. The second-order valence-corrected chi connectivity index (χ2v) is 5.44. The summed E-state index contributed by atoms with van der Waals surface area (Å²) in [5, 5.41) is 7.98. The quantitative estimate of drug-likeness (QED) is 0.791. The first-order valence-corrected chi connectivity index (χ1v) is 7.11. The highest BCUT2D eigenvalue weighted by Gasteiger charge is 2.20. The van der Waals surface area contributed by atoms with E-state index in [4.69, 9.17) is 0 Å². The van der Waals surface area contributed by atoms with Crippen molar-refractivity contribution in [3.63, 3.8) is 0 Å². The first-order chi connectivity index (χ1) is 7.38. The second kappa shape index (κ2) is 5.55. The molecule has 1 heterocycles. The molecule has 1 saturated carbocycles. The summed E-state index contributed by atoms with van der Waals surface area (Å²) >= 11 is 1.77. The van der Waals surface area contributed by atoms with Crippen molar-refractivity contribution < 1.29 is 0 Å². The van der Waals surface area contributed by atoms with Crippen LogP contribution in [0.2, 0.25) is 0 Å². The summed E-state index contributed by atoms with van der Waals surface area (Å²) in [5.41, 5.74) is 1.32. The molecule has 1 aromatic heterocycles. The maximum absolute atomic E-state index is 3.63.